The Hall–Kier alpha value is -3.10. The van der Waals surface area contributed by atoms with Gasteiger partial charge in [-0.1, -0.05) is 11.2 Å². The normalized spacial score (nSPS) is 17.6. The molecule has 0 saturated carbocycles. The Bertz CT molecular complexity index is 927. The molecule has 0 bridgehead atoms. The van der Waals surface area contributed by atoms with Crippen LogP contribution in [0.1, 0.15) is 22.2 Å². The summed E-state index contributed by atoms with van der Waals surface area (Å²) in [5.41, 5.74) is 1.90. The van der Waals surface area contributed by atoms with Crippen molar-refractivity contribution in [2.75, 3.05) is 32.0 Å². The van der Waals surface area contributed by atoms with Crippen LogP contribution in [0.2, 0.25) is 0 Å². The van der Waals surface area contributed by atoms with Crippen LogP contribution in [0.4, 0.5) is 5.69 Å². The van der Waals surface area contributed by atoms with E-state index in [0.717, 1.165) is 25.2 Å². The van der Waals surface area contributed by atoms with Gasteiger partial charge in [0.15, 0.2) is 5.82 Å². The molecule has 0 aliphatic carbocycles. The zero-order valence-electron chi connectivity index (χ0n) is 14.9. The minimum absolute atomic E-state index is 0.0877. The van der Waals surface area contributed by atoms with Crippen molar-refractivity contribution in [1.29, 1.82) is 0 Å². The van der Waals surface area contributed by atoms with Gasteiger partial charge in [-0.05, 0) is 37.4 Å². The molecule has 4 rings (SSSR count). The van der Waals surface area contributed by atoms with E-state index in [2.05, 4.69) is 37.7 Å². The summed E-state index contributed by atoms with van der Waals surface area (Å²) < 4.78 is 5.46. The number of hydrogen-bond donors (Lipinski definition) is 2. The molecule has 1 saturated heterocycles. The SMILES string of the molecule is CN1CCNCC1c1noc(-c2cccc(NC(=O)c3cccnc3)c2)n1. The zero-order valence-corrected chi connectivity index (χ0v) is 14.9. The number of aromatic nitrogens is 3. The van der Waals surface area contributed by atoms with E-state index in [1.807, 2.05) is 24.3 Å². The molecule has 1 aromatic carbocycles. The zero-order chi connectivity index (χ0) is 18.6. The molecule has 0 radical (unpaired) electrons. The summed E-state index contributed by atoms with van der Waals surface area (Å²) in [5.74, 6) is 0.868. The third kappa shape index (κ3) is 3.86. The molecular weight excluding hydrogens is 344 g/mol. The van der Waals surface area contributed by atoms with E-state index < -0.39 is 0 Å². The summed E-state index contributed by atoms with van der Waals surface area (Å²) in [5, 5.41) is 10.3. The first-order valence-electron chi connectivity index (χ1n) is 8.77. The Kier molecular flexibility index (Phi) is 4.91. The molecule has 1 fully saturated rings. The lowest BCUT2D eigenvalue weighted by Gasteiger charge is -2.30. The fraction of sp³-hybridized carbons (Fsp3) is 0.263. The highest BCUT2D eigenvalue weighted by atomic mass is 16.5. The van der Waals surface area contributed by atoms with Crippen LogP contribution in [0.25, 0.3) is 11.5 Å². The van der Waals surface area contributed by atoms with Gasteiger partial charge in [0.2, 0.25) is 0 Å². The number of pyridine rings is 1. The molecule has 3 aromatic rings. The lowest BCUT2D eigenvalue weighted by atomic mass is 10.1. The van der Waals surface area contributed by atoms with Crippen LogP contribution in [0.5, 0.6) is 0 Å². The van der Waals surface area contributed by atoms with Crippen LogP contribution in [0, 0.1) is 0 Å². The van der Waals surface area contributed by atoms with E-state index in [1.54, 1.807) is 18.3 Å². The number of likely N-dealkylation sites (N-methyl/N-ethyl adjacent to an activating group) is 1. The van der Waals surface area contributed by atoms with Gasteiger partial charge in [-0.2, -0.15) is 4.98 Å². The second kappa shape index (κ2) is 7.65. The van der Waals surface area contributed by atoms with Crippen LogP contribution < -0.4 is 10.6 Å². The molecule has 2 N–H and O–H groups in total. The smallest absolute Gasteiger partial charge is 0.258 e. The van der Waals surface area contributed by atoms with Gasteiger partial charge >= 0.3 is 0 Å². The van der Waals surface area contributed by atoms with Crippen molar-refractivity contribution in [2.45, 2.75) is 6.04 Å². The number of nitrogens with one attached hydrogen (secondary N) is 2. The largest absolute Gasteiger partial charge is 0.334 e. The van der Waals surface area contributed by atoms with Crippen LogP contribution in [0.3, 0.4) is 0 Å². The van der Waals surface area contributed by atoms with Gasteiger partial charge < -0.3 is 15.2 Å². The number of piperazine rings is 1. The van der Waals surface area contributed by atoms with Crippen LogP contribution in [0.15, 0.2) is 53.3 Å². The number of benzene rings is 1. The lowest BCUT2D eigenvalue weighted by molar-refractivity contribution is 0.102. The minimum atomic E-state index is -0.221. The van der Waals surface area contributed by atoms with E-state index in [1.165, 1.54) is 6.20 Å². The van der Waals surface area contributed by atoms with E-state index in [0.29, 0.717) is 23.0 Å². The summed E-state index contributed by atoms with van der Waals surface area (Å²) in [6.45, 7) is 2.68. The van der Waals surface area contributed by atoms with E-state index in [4.69, 9.17) is 4.52 Å². The lowest BCUT2D eigenvalue weighted by Crippen LogP contribution is -2.44. The maximum Gasteiger partial charge on any atom is 0.258 e. The number of carbonyl (C=O) groups is 1. The van der Waals surface area contributed by atoms with E-state index in [9.17, 15) is 4.79 Å². The first-order chi connectivity index (χ1) is 13.2. The molecule has 138 valence electrons. The number of hydrogen-bond acceptors (Lipinski definition) is 7. The Morgan fingerprint density at radius 2 is 2.26 bits per heavy atom. The standard InChI is InChI=1S/C19H20N6O2/c1-25-9-8-21-12-16(25)17-23-19(27-24-17)13-4-2-6-15(10-13)22-18(26)14-5-3-7-20-11-14/h2-7,10-11,16,21H,8-9,12H2,1H3,(H,22,26). The third-order valence-corrected chi connectivity index (χ3v) is 4.54. The van der Waals surface area contributed by atoms with Crippen LogP contribution in [-0.2, 0) is 0 Å². The fourth-order valence-corrected chi connectivity index (χ4v) is 3.01. The predicted octanol–water partition coefficient (Wildman–Crippen LogP) is 1.96. The van der Waals surface area contributed by atoms with Gasteiger partial charge in [0.25, 0.3) is 11.8 Å². The minimum Gasteiger partial charge on any atom is -0.334 e. The number of rotatable bonds is 4. The van der Waals surface area contributed by atoms with Crippen LogP contribution >= 0.6 is 0 Å². The first kappa shape index (κ1) is 17.3. The number of nitrogens with zero attached hydrogens (tertiary/aromatic N) is 4. The molecule has 2 aromatic heterocycles. The molecule has 8 nitrogen and oxygen atoms in total. The van der Waals surface area contributed by atoms with Crippen molar-refractivity contribution in [3.63, 3.8) is 0 Å². The van der Waals surface area contributed by atoms with Gasteiger partial charge in [0.05, 0.1) is 11.6 Å². The van der Waals surface area contributed by atoms with Gasteiger partial charge in [-0.25, -0.2) is 0 Å². The Morgan fingerprint density at radius 1 is 1.33 bits per heavy atom. The average Bonchev–Trinajstić information content (AvgIpc) is 3.19. The summed E-state index contributed by atoms with van der Waals surface area (Å²) in [7, 11) is 2.05. The molecule has 3 heterocycles. The van der Waals surface area contributed by atoms with Crippen molar-refractivity contribution in [2.24, 2.45) is 0 Å². The molecule has 27 heavy (non-hydrogen) atoms. The van der Waals surface area contributed by atoms with Gasteiger partial charge in [0, 0.05) is 43.3 Å². The monoisotopic (exact) mass is 364 g/mol. The van der Waals surface area contributed by atoms with E-state index in [-0.39, 0.29) is 11.9 Å². The summed E-state index contributed by atoms with van der Waals surface area (Å²) in [4.78, 5) is 23.0. The third-order valence-electron chi connectivity index (χ3n) is 4.54. The first-order valence-corrected chi connectivity index (χ1v) is 8.77. The fourth-order valence-electron chi connectivity index (χ4n) is 3.01. The van der Waals surface area contributed by atoms with Gasteiger partial charge in [-0.15, -0.1) is 0 Å². The van der Waals surface area contributed by atoms with Crippen molar-refractivity contribution in [3.05, 3.63) is 60.2 Å². The van der Waals surface area contributed by atoms with Crippen molar-refractivity contribution in [1.82, 2.24) is 25.3 Å². The quantitative estimate of drug-likeness (QED) is 0.730. The Labute approximate surface area is 156 Å². The summed E-state index contributed by atoms with van der Waals surface area (Å²) >= 11 is 0. The average molecular weight is 364 g/mol. The van der Waals surface area contributed by atoms with Crippen molar-refractivity contribution < 1.29 is 9.32 Å². The Morgan fingerprint density at radius 3 is 3.07 bits per heavy atom. The number of amides is 1. The Balaban J connectivity index is 1.52. The molecule has 1 aliphatic rings. The number of carbonyl (C=O) groups excluding carboxylic acids is 1. The molecular formula is C19H20N6O2. The van der Waals surface area contributed by atoms with Crippen molar-refractivity contribution >= 4 is 11.6 Å². The molecule has 1 unspecified atom stereocenters. The predicted molar refractivity (Wildman–Crippen MR) is 100 cm³/mol. The summed E-state index contributed by atoms with van der Waals surface area (Å²) in [6.07, 6.45) is 3.15. The second-order valence-corrected chi connectivity index (χ2v) is 6.43. The van der Waals surface area contributed by atoms with Gasteiger partial charge in [-0.3, -0.25) is 14.7 Å². The highest BCUT2D eigenvalue weighted by Crippen LogP contribution is 2.24. The molecule has 1 atom stereocenters. The summed E-state index contributed by atoms with van der Waals surface area (Å²) in [6, 6.07) is 10.9. The maximum absolute atomic E-state index is 12.3. The second-order valence-electron chi connectivity index (χ2n) is 6.43. The van der Waals surface area contributed by atoms with E-state index >= 15 is 0 Å². The molecule has 1 amide bonds. The maximum atomic E-state index is 12.3. The molecule has 1 aliphatic heterocycles. The molecule has 0 spiro atoms. The highest BCUT2D eigenvalue weighted by Gasteiger charge is 2.25. The topological polar surface area (TPSA) is 96.2 Å². The van der Waals surface area contributed by atoms with Crippen LogP contribution in [-0.4, -0.2) is 52.6 Å². The molecule has 8 heteroatoms. The highest BCUT2D eigenvalue weighted by molar-refractivity contribution is 6.04. The number of anilines is 1. The van der Waals surface area contributed by atoms with Crippen molar-refractivity contribution in [3.8, 4) is 11.5 Å². The van der Waals surface area contributed by atoms with Gasteiger partial charge in [0.1, 0.15) is 0 Å².